The van der Waals surface area contributed by atoms with Crippen LogP contribution in [0.25, 0.3) is 0 Å². The van der Waals surface area contributed by atoms with Crippen LogP contribution in [0.1, 0.15) is 36.6 Å². The predicted octanol–water partition coefficient (Wildman–Crippen LogP) is 4.02. The molecule has 0 saturated heterocycles. The van der Waals surface area contributed by atoms with E-state index in [0.29, 0.717) is 16.5 Å². The average Bonchev–Trinajstić information content (AvgIpc) is 2.38. The third kappa shape index (κ3) is 3.55. The van der Waals surface area contributed by atoms with Gasteiger partial charge in [0.25, 0.3) is 0 Å². The van der Waals surface area contributed by atoms with Gasteiger partial charge in [0.15, 0.2) is 0 Å². The Balaban J connectivity index is 2.29. The van der Waals surface area contributed by atoms with Gasteiger partial charge in [-0.05, 0) is 29.5 Å². The quantitative estimate of drug-likeness (QED) is 0.914. The summed E-state index contributed by atoms with van der Waals surface area (Å²) in [5.41, 5.74) is 2.79. The zero-order valence-corrected chi connectivity index (χ0v) is 11.9. The van der Waals surface area contributed by atoms with Crippen LogP contribution in [0.4, 0.5) is 0 Å². The third-order valence-electron chi connectivity index (χ3n) is 3.01. The Morgan fingerprint density at radius 3 is 2.74 bits per heavy atom. The predicted molar refractivity (Wildman–Crippen MR) is 78.3 cm³/mol. The van der Waals surface area contributed by atoms with Crippen LogP contribution >= 0.6 is 11.6 Å². The van der Waals surface area contributed by atoms with E-state index in [1.165, 1.54) is 5.56 Å². The lowest BCUT2D eigenvalue weighted by Crippen LogP contribution is -2.02. The van der Waals surface area contributed by atoms with E-state index < -0.39 is 6.10 Å². The van der Waals surface area contributed by atoms with Crippen LogP contribution in [0.15, 0.2) is 42.7 Å². The number of halogens is 1. The van der Waals surface area contributed by atoms with E-state index >= 15 is 0 Å². The number of hydrogen-bond donors (Lipinski definition) is 1. The van der Waals surface area contributed by atoms with Crippen LogP contribution in [-0.4, -0.2) is 10.1 Å². The maximum Gasteiger partial charge on any atom is 0.106 e. The van der Waals surface area contributed by atoms with Crippen molar-refractivity contribution in [2.45, 2.75) is 26.4 Å². The molecule has 1 aromatic heterocycles. The molecule has 0 bridgehead atoms. The first-order valence-corrected chi connectivity index (χ1v) is 6.82. The number of benzene rings is 1. The molecule has 0 aliphatic rings. The molecule has 1 N–H and O–H groups in total. The van der Waals surface area contributed by atoms with E-state index in [1.54, 1.807) is 18.5 Å². The van der Waals surface area contributed by atoms with Crippen molar-refractivity contribution >= 4 is 11.6 Å². The summed E-state index contributed by atoms with van der Waals surface area (Å²) < 4.78 is 0. The topological polar surface area (TPSA) is 33.1 Å². The lowest BCUT2D eigenvalue weighted by molar-refractivity contribution is 0.220. The van der Waals surface area contributed by atoms with Gasteiger partial charge < -0.3 is 5.11 Å². The van der Waals surface area contributed by atoms with Crippen LogP contribution in [0, 0.1) is 5.92 Å². The van der Waals surface area contributed by atoms with Crippen molar-refractivity contribution in [3.05, 3.63) is 64.4 Å². The maximum atomic E-state index is 10.4. The van der Waals surface area contributed by atoms with Crippen molar-refractivity contribution in [3.63, 3.8) is 0 Å². The van der Waals surface area contributed by atoms with Crippen LogP contribution in [0.5, 0.6) is 0 Å². The fraction of sp³-hybridized carbons (Fsp3) is 0.312. The minimum Gasteiger partial charge on any atom is -0.384 e. The molecule has 100 valence electrons. The van der Waals surface area contributed by atoms with Gasteiger partial charge in [-0.15, -0.1) is 0 Å². The molecule has 0 radical (unpaired) electrons. The number of aliphatic hydroxyl groups is 1. The Hall–Kier alpha value is -1.38. The van der Waals surface area contributed by atoms with Gasteiger partial charge in [-0.2, -0.15) is 0 Å². The largest absolute Gasteiger partial charge is 0.384 e. The van der Waals surface area contributed by atoms with Gasteiger partial charge in [-0.3, -0.25) is 4.98 Å². The molecule has 2 aromatic rings. The highest BCUT2D eigenvalue weighted by molar-refractivity contribution is 6.31. The molecular formula is C16H18ClNO. The normalized spacial score (nSPS) is 12.7. The smallest absolute Gasteiger partial charge is 0.106 e. The van der Waals surface area contributed by atoms with E-state index in [2.05, 4.69) is 24.9 Å². The van der Waals surface area contributed by atoms with Gasteiger partial charge in [0.1, 0.15) is 6.10 Å². The number of aliphatic hydroxyl groups excluding tert-OH is 1. The molecule has 0 aliphatic carbocycles. The molecule has 19 heavy (non-hydrogen) atoms. The molecule has 1 heterocycles. The molecule has 0 saturated carbocycles. The van der Waals surface area contributed by atoms with Gasteiger partial charge in [0.05, 0.1) is 5.02 Å². The molecule has 2 nitrogen and oxygen atoms in total. The van der Waals surface area contributed by atoms with E-state index in [0.717, 1.165) is 12.0 Å². The Morgan fingerprint density at radius 2 is 2.05 bits per heavy atom. The number of aromatic nitrogens is 1. The second kappa shape index (κ2) is 6.18. The minimum absolute atomic E-state index is 0.490. The van der Waals surface area contributed by atoms with Crippen molar-refractivity contribution in [2.24, 2.45) is 5.92 Å². The molecule has 2 rings (SSSR count). The summed E-state index contributed by atoms with van der Waals surface area (Å²) in [5.74, 6) is 0.594. The number of hydrogen-bond acceptors (Lipinski definition) is 2. The lowest BCUT2D eigenvalue weighted by Gasteiger charge is -2.14. The first kappa shape index (κ1) is 14.0. The number of pyridine rings is 1. The Morgan fingerprint density at radius 1 is 1.26 bits per heavy atom. The Kier molecular flexibility index (Phi) is 4.56. The highest BCUT2D eigenvalue weighted by Crippen LogP contribution is 2.28. The molecule has 1 unspecified atom stereocenters. The second-order valence-corrected chi connectivity index (χ2v) is 5.55. The lowest BCUT2D eigenvalue weighted by atomic mass is 9.97. The molecule has 0 aliphatic heterocycles. The van der Waals surface area contributed by atoms with Crippen molar-refractivity contribution in [2.75, 3.05) is 0 Å². The summed E-state index contributed by atoms with van der Waals surface area (Å²) in [6, 6.07) is 9.78. The zero-order valence-electron chi connectivity index (χ0n) is 11.2. The Labute approximate surface area is 119 Å². The van der Waals surface area contributed by atoms with Crippen molar-refractivity contribution in [1.82, 2.24) is 4.98 Å². The van der Waals surface area contributed by atoms with E-state index in [4.69, 9.17) is 11.6 Å². The summed E-state index contributed by atoms with van der Waals surface area (Å²) in [6.45, 7) is 4.37. The van der Waals surface area contributed by atoms with Crippen molar-refractivity contribution in [1.29, 1.82) is 0 Å². The van der Waals surface area contributed by atoms with Crippen LogP contribution in [-0.2, 0) is 6.42 Å². The molecule has 1 atom stereocenters. The zero-order chi connectivity index (χ0) is 13.8. The van der Waals surface area contributed by atoms with E-state index in [-0.39, 0.29) is 0 Å². The maximum absolute atomic E-state index is 10.4. The highest BCUT2D eigenvalue weighted by atomic mass is 35.5. The van der Waals surface area contributed by atoms with Crippen LogP contribution < -0.4 is 0 Å². The summed E-state index contributed by atoms with van der Waals surface area (Å²) in [7, 11) is 0. The van der Waals surface area contributed by atoms with Crippen LogP contribution in [0.2, 0.25) is 5.02 Å². The highest BCUT2D eigenvalue weighted by Gasteiger charge is 2.14. The summed E-state index contributed by atoms with van der Waals surface area (Å²) in [6.07, 6.45) is 3.49. The van der Waals surface area contributed by atoms with E-state index in [1.807, 2.05) is 18.2 Å². The number of rotatable bonds is 4. The van der Waals surface area contributed by atoms with Gasteiger partial charge in [-0.25, -0.2) is 0 Å². The average molecular weight is 276 g/mol. The molecule has 0 fully saturated rings. The molecular weight excluding hydrogens is 258 g/mol. The molecule has 0 spiro atoms. The van der Waals surface area contributed by atoms with Crippen molar-refractivity contribution in [3.8, 4) is 0 Å². The second-order valence-electron chi connectivity index (χ2n) is 5.14. The molecule has 3 heteroatoms. The minimum atomic E-state index is -0.706. The number of nitrogens with zero attached hydrogens (tertiary/aromatic N) is 1. The summed E-state index contributed by atoms with van der Waals surface area (Å²) in [5, 5.41) is 10.9. The third-order valence-corrected chi connectivity index (χ3v) is 3.32. The van der Waals surface area contributed by atoms with Gasteiger partial charge >= 0.3 is 0 Å². The molecule has 0 amide bonds. The monoisotopic (exact) mass is 275 g/mol. The Bertz CT molecular complexity index is 554. The van der Waals surface area contributed by atoms with Gasteiger partial charge in [-0.1, -0.05) is 49.7 Å². The summed E-state index contributed by atoms with van der Waals surface area (Å²) in [4.78, 5) is 3.93. The molecule has 1 aromatic carbocycles. The van der Waals surface area contributed by atoms with Gasteiger partial charge in [0.2, 0.25) is 0 Å². The SMILES string of the molecule is CC(C)Cc1cccc(C(O)c2ccncc2Cl)c1. The van der Waals surface area contributed by atoms with Crippen molar-refractivity contribution < 1.29 is 5.11 Å². The fourth-order valence-corrected chi connectivity index (χ4v) is 2.37. The van der Waals surface area contributed by atoms with Gasteiger partial charge in [0, 0.05) is 18.0 Å². The summed E-state index contributed by atoms with van der Waals surface area (Å²) >= 11 is 6.07. The van der Waals surface area contributed by atoms with E-state index in [9.17, 15) is 5.11 Å². The standard InChI is InChI=1S/C16H18ClNO/c1-11(2)8-12-4-3-5-13(9-12)16(19)14-6-7-18-10-15(14)17/h3-7,9-11,16,19H,8H2,1-2H3. The van der Waals surface area contributed by atoms with Crippen LogP contribution in [0.3, 0.4) is 0 Å². The first-order valence-electron chi connectivity index (χ1n) is 6.44. The fourth-order valence-electron chi connectivity index (χ4n) is 2.15. The first-order chi connectivity index (χ1) is 9.08.